The number of carboxylic acid groups (broad SMARTS) is 1. The maximum atomic E-state index is 10.2. The second-order valence-corrected chi connectivity index (χ2v) is 8.33. The van der Waals surface area contributed by atoms with Crippen LogP contribution in [0.1, 0.15) is 72.6 Å². The SMILES string of the molecule is C/C(=C\CCOP(=O)([O-])O)C(=O)O.CCCC[N+](C)(CCCC)CCCC. The second-order valence-electron chi connectivity index (χ2n) is 7.13. The normalized spacial score (nSPS) is 14.3. The quantitative estimate of drug-likeness (QED) is 0.196. The Hall–Kier alpha value is -0.720. The predicted octanol–water partition coefficient (Wildman–Crippen LogP) is 3.72. The number of hydrogen-bond donors (Lipinski definition) is 2. The zero-order valence-corrected chi connectivity index (χ0v) is 18.7. The van der Waals surface area contributed by atoms with E-state index in [1.807, 2.05) is 0 Å². The van der Waals surface area contributed by atoms with Gasteiger partial charge in [-0.05, 0) is 32.6 Å². The summed E-state index contributed by atoms with van der Waals surface area (Å²) < 4.78 is 15.3. The minimum atomic E-state index is -4.68. The molecule has 1 atom stereocenters. The summed E-state index contributed by atoms with van der Waals surface area (Å²) in [5.41, 5.74) is 0.0993. The molecule has 0 aliphatic carbocycles. The van der Waals surface area contributed by atoms with Crippen LogP contribution in [-0.4, -0.2) is 53.7 Å². The zero-order valence-electron chi connectivity index (χ0n) is 17.8. The first-order valence-electron chi connectivity index (χ1n) is 9.93. The maximum absolute atomic E-state index is 10.2. The van der Waals surface area contributed by atoms with Gasteiger partial charge in [-0.15, -0.1) is 0 Å². The average molecular weight is 410 g/mol. The molecule has 0 bridgehead atoms. The number of rotatable bonds is 14. The van der Waals surface area contributed by atoms with E-state index in [0.717, 1.165) is 0 Å². The molecule has 8 heteroatoms. The van der Waals surface area contributed by atoms with E-state index in [2.05, 4.69) is 32.3 Å². The van der Waals surface area contributed by atoms with E-state index in [0.29, 0.717) is 0 Å². The molecule has 0 aliphatic rings. The first kappa shape index (κ1) is 28.5. The van der Waals surface area contributed by atoms with Gasteiger partial charge in [0.05, 0.1) is 33.3 Å². The van der Waals surface area contributed by atoms with E-state index in [1.165, 1.54) is 75.6 Å². The zero-order chi connectivity index (χ0) is 21.3. The van der Waals surface area contributed by atoms with Gasteiger partial charge in [0.1, 0.15) is 0 Å². The van der Waals surface area contributed by atoms with Crippen LogP contribution in [0.3, 0.4) is 0 Å². The summed E-state index contributed by atoms with van der Waals surface area (Å²) in [6.45, 7) is 12.2. The molecule has 0 heterocycles. The van der Waals surface area contributed by atoms with Crippen molar-refractivity contribution in [1.82, 2.24) is 0 Å². The van der Waals surface area contributed by atoms with Crippen molar-refractivity contribution in [3.8, 4) is 0 Å². The lowest BCUT2D eigenvalue weighted by atomic mass is 10.2. The van der Waals surface area contributed by atoms with Gasteiger partial charge >= 0.3 is 5.97 Å². The van der Waals surface area contributed by atoms with Crippen LogP contribution >= 0.6 is 7.82 Å². The lowest BCUT2D eigenvalue weighted by Crippen LogP contribution is -2.46. The molecule has 0 amide bonds. The molecule has 0 saturated heterocycles. The molecule has 7 nitrogen and oxygen atoms in total. The standard InChI is InChI=1S/C13H30N.C6H11O6P/c1-5-8-11-14(4,12-9-6-2)13-10-7-3;1-5(6(7)8)3-2-4-12-13(9,10)11/h5-13H2,1-4H3;3H,2,4H2,1H3,(H,7,8)(H2,9,10,11)/q+1;/p-1/b;5-3+. The van der Waals surface area contributed by atoms with E-state index in [9.17, 15) is 14.3 Å². The molecule has 27 heavy (non-hydrogen) atoms. The van der Waals surface area contributed by atoms with Crippen LogP contribution in [0, 0.1) is 0 Å². The number of carboxylic acids is 1. The minimum Gasteiger partial charge on any atom is -0.756 e. The third kappa shape index (κ3) is 19.8. The van der Waals surface area contributed by atoms with Crippen LogP contribution in [0.5, 0.6) is 0 Å². The third-order valence-electron chi connectivity index (χ3n) is 4.31. The summed E-state index contributed by atoms with van der Waals surface area (Å²) in [6, 6.07) is 0. The van der Waals surface area contributed by atoms with Gasteiger partial charge in [0.25, 0.3) is 7.82 Å². The van der Waals surface area contributed by atoms with Gasteiger partial charge in [0.2, 0.25) is 0 Å². The summed E-state index contributed by atoms with van der Waals surface area (Å²) in [4.78, 5) is 28.4. The van der Waals surface area contributed by atoms with Crippen molar-refractivity contribution >= 4 is 13.8 Å². The molecule has 0 aromatic carbocycles. The topological polar surface area (TPSA) is 107 Å². The fraction of sp³-hybridized carbons (Fsp3) is 0.842. The monoisotopic (exact) mass is 409 g/mol. The minimum absolute atomic E-state index is 0.0993. The van der Waals surface area contributed by atoms with E-state index < -0.39 is 13.8 Å². The van der Waals surface area contributed by atoms with Gasteiger partial charge in [-0.25, -0.2) is 4.79 Å². The molecule has 0 saturated carbocycles. The largest absolute Gasteiger partial charge is 0.756 e. The molecule has 0 aliphatic heterocycles. The summed E-state index contributed by atoms with van der Waals surface area (Å²) in [5, 5.41) is 8.37. The van der Waals surface area contributed by atoms with Gasteiger partial charge in [0, 0.05) is 5.57 Å². The number of aliphatic carboxylic acids is 1. The van der Waals surface area contributed by atoms with Crippen molar-refractivity contribution in [2.75, 3.05) is 33.3 Å². The summed E-state index contributed by atoms with van der Waals surface area (Å²) in [7, 11) is -2.23. The Kier molecular flexibility index (Phi) is 17.2. The van der Waals surface area contributed by atoms with Crippen molar-refractivity contribution in [3.05, 3.63) is 11.6 Å². The molecule has 2 N–H and O–H groups in total. The van der Waals surface area contributed by atoms with Crippen molar-refractivity contribution in [1.29, 1.82) is 0 Å². The van der Waals surface area contributed by atoms with Crippen molar-refractivity contribution in [2.45, 2.75) is 72.6 Å². The molecule has 0 spiro atoms. The van der Waals surface area contributed by atoms with Crippen molar-refractivity contribution in [2.24, 2.45) is 0 Å². The molecule has 0 radical (unpaired) electrons. The number of carbonyl (C=O) groups is 1. The van der Waals surface area contributed by atoms with Crippen LogP contribution in [0.4, 0.5) is 0 Å². The molecular weight excluding hydrogens is 369 g/mol. The Morgan fingerprint density at radius 1 is 1.07 bits per heavy atom. The summed E-state index contributed by atoms with van der Waals surface area (Å²) in [5.74, 6) is -1.07. The maximum Gasteiger partial charge on any atom is 0.330 e. The molecule has 0 fully saturated rings. The lowest BCUT2D eigenvalue weighted by Gasteiger charge is -2.34. The highest BCUT2D eigenvalue weighted by atomic mass is 31.2. The van der Waals surface area contributed by atoms with Gasteiger partial charge in [-0.2, -0.15) is 0 Å². The van der Waals surface area contributed by atoms with Gasteiger partial charge < -0.3 is 23.9 Å². The second kappa shape index (κ2) is 16.3. The highest BCUT2D eigenvalue weighted by Crippen LogP contribution is 2.30. The van der Waals surface area contributed by atoms with Gasteiger partial charge in [-0.3, -0.25) is 4.57 Å². The van der Waals surface area contributed by atoms with Crippen LogP contribution in [0.2, 0.25) is 0 Å². The highest BCUT2D eigenvalue weighted by Gasteiger charge is 2.18. The Labute approximate surface area is 165 Å². The lowest BCUT2D eigenvalue weighted by molar-refractivity contribution is -0.910. The van der Waals surface area contributed by atoms with E-state index in [1.54, 1.807) is 0 Å². The molecule has 162 valence electrons. The number of nitrogens with zero attached hydrogens (tertiary/aromatic N) is 1. The van der Waals surface area contributed by atoms with E-state index in [4.69, 9.17) is 10.00 Å². The number of quaternary nitrogens is 1. The van der Waals surface area contributed by atoms with Crippen LogP contribution in [-0.2, 0) is 13.9 Å². The summed E-state index contributed by atoms with van der Waals surface area (Å²) in [6.07, 6.45) is 9.62. The fourth-order valence-corrected chi connectivity index (χ4v) is 2.82. The Morgan fingerprint density at radius 3 is 1.78 bits per heavy atom. The molecule has 0 rings (SSSR count). The average Bonchev–Trinajstić information content (AvgIpc) is 2.59. The number of hydrogen-bond acceptors (Lipinski definition) is 4. The fourth-order valence-electron chi connectivity index (χ4n) is 2.49. The van der Waals surface area contributed by atoms with Gasteiger partial charge in [0.15, 0.2) is 0 Å². The van der Waals surface area contributed by atoms with Gasteiger partial charge in [-0.1, -0.05) is 46.1 Å². The first-order valence-corrected chi connectivity index (χ1v) is 11.4. The van der Waals surface area contributed by atoms with Crippen LogP contribution < -0.4 is 4.89 Å². The Morgan fingerprint density at radius 2 is 1.48 bits per heavy atom. The van der Waals surface area contributed by atoms with Crippen LogP contribution in [0.25, 0.3) is 0 Å². The van der Waals surface area contributed by atoms with Crippen molar-refractivity contribution in [3.63, 3.8) is 0 Å². The van der Waals surface area contributed by atoms with Crippen molar-refractivity contribution < 1.29 is 33.3 Å². The third-order valence-corrected chi connectivity index (χ3v) is 4.82. The smallest absolute Gasteiger partial charge is 0.330 e. The Bertz CT molecular complexity index is 439. The highest BCUT2D eigenvalue weighted by molar-refractivity contribution is 7.44. The number of phosphoric ester groups is 1. The molecular formula is C19H40NO6P. The van der Waals surface area contributed by atoms with E-state index in [-0.39, 0.29) is 18.6 Å². The first-order chi connectivity index (χ1) is 12.5. The predicted molar refractivity (Wildman–Crippen MR) is 107 cm³/mol. The van der Waals surface area contributed by atoms with E-state index >= 15 is 0 Å². The number of phosphoric acid groups is 1. The molecule has 0 aromatic heterocycles. The summed E-state index contributed by atoms with van der Waals surface area (Å²) >= 11 is 0. The molecule has 0 aromatic rings. The van der Waals surface area contributed by atoms with Crippen LogP contribution in [0.15, 0.2) is 11.6 Å². The number of unbranched alkanes of at least 4 members (excludes halogenated alkanes) is 3. The molecule has 1 unspecified atom stereocenters. The Balaban J connectivity index is 0.